The van der Waals surface area contributed by atoms with Crippen LogP contribution >= 0.6 is 0 Å². The van der Waals surface area contributed by atoms with Crippen LogP contribution in [0.25, 0.3) is 0 Å². The van der Waals surface area contributed by atoms with Crippen molar-refractivity contribution in [1.29, 1.82) is 0 Å². The summed E-state index contributed by atoms with van der Waals surface area (Å²) in [7, 11) is 0. The molecule has 1 aromatic heterocycles. The average molecular weight is 436 g/mol. The van der Waals surface area contributed by atoms with Crippen molar-refractivity contribution in [3.05, 3.63) is 59.8 Å². The first-order valence-corrected chi connectivity index (χ1v) is 11.7. The van der Waals surface area contributed by atoms with Gasteiger partial charge in [0.1, 0.15) is 11.4 Å². The van der Waals surface area contributed by atoms with Crippen LogP contribution in [-0.2, 0) is 4.74 Å². The van der Waals surface area contributed by atoms with E-state index >= 15 is 0 Å². The minimum Gasteiger partial charge on any atom is -0.443 e. The highest BCUT2D eigenvalue weighted by Gasteiger charge is 2.34. The van der Waals surface area contributed by atoms with E-state index in [1.807, 2.05) is 74.3 Å². The molecule has 6 heteroatoms. The van der Waals surface area contributed by atoms with Crippen LogP contribution < -0.4 is 4.90 Å². The topological polar surface area (TPSA) is 62.7 Å². The van der Waals surface area contributed by atoms with Crippen molar-refractivity contribution in [1.82, 2.24) is 9.88 Å². The van der Waals surface area contributed by atoms with E-state index in [0.717, 1.165) is 50.6 Å². The highest BCUT2D eigenvalue weighted by molar-refractivity contribution is 5.94. The quantitative estimate of drug-likeness (QED) is 0.614. The smallest absolute Gasteiger partial charge is 0.416 e. The number of hydrogen-bond donors (Lipinski definition) is 0. The summed E-state index contributed by atoms with van der Waals surface area (Å²) in [5, 5.41) is 0. The molecule has 1 unspecified atom stereocenters. The van der Waals surface area contributed by atoms with E-state index in [1.165, 1.54) is 0 Å². The van der Waals surface area contributed by atoms with Crippen molar-refractivity contribution in [3.63, 3.8) is 0 Å². The molecule has 0 bridgehead atoms. The van der Waals surface area contributed by atoms with Crippen molar-refractivity contribution in [2.45, 2.75) is 77.0 Å². The van der Waals surface area contributed by atoms with Crippen molar-refractivity contribution in [2.75, 3.05) is 11.4 Å². The Morgan fingerprint density at radius 1 is 1.00 bits per heavy atom. The van der Waals surface area contributed by atoms with Crippen molar-refractivity contribution in [2.24, 2.45) is 0 Å². The predicted molar refractivity (Wildman–Crippen MR) is 125 cm³/mol. The molecule has 2 heterocycles. The van der Waals surface area contributed by atoms with Crippen molar-refractivity contribution in [3.8, 4) is 0 Å². The molecule has 0 N–H and O–H groups in total. The minimum absolute atomic E-state index is 0.00529. The molecule has 32 heavy (non-hydrogen) atoms. The van der Waals surface area contributed by atoms with E-state index < -0.39 is 5.60 Å². The third-order valence-electron chi connectivity index (χ3n) is 6.22. The Kier molecular flexibility index (Phi) is 6.49. The van der Waals surface area contributed by atoms with Gasteiger partial charge in [0, 0.05) is 24.3 Å². The Labute approximate surface area is 190 Å². The number of aromatic nitrogens is 1. The lowest BCUT2D eigenvalue weighted by Crippen LogP contribution is -2.43. The second kappa shape index (κ2) is 9.31. The summed E-state index contributed by atoms with van der Waals surface area (Å²) in [4.78, 5) is 34.4. The van der Waals surface area contributed by atoms with Crippen molar-refractivity contribution < 1.29 is 14.3 Å². The Hall–Kier alpha value is -2.89. The van der Waals surface area contributed by atoms with E-state index in [1.54, 1.807) is 4.90 Å². The van der Waals surface area contributed by atoms with Gasteiger partial charge in [-0.25, -0.2) is 9.78 Å². The van der Waals surface area contributed by atoms with Gasteiger partial charge in [-0.05, 0) is 70.2 Å². The highest BCUT2D eigenvalue weighted by atomic mass is 16.6. The lowest BCUT2D eigenvalue weighted by atomic mass is 10.1. The molecule has 1 atom stereocenters. The molecule has 2 amide bonds. The maximum Gasteiger partial charge on any atom is 0.416 e. The molecule has 0 spiro atoms. The van der Waals surface area contributed by atoms with E-state index in [9.17, 15) is 9.59 Å². The van der Waals surface area contributed by atoms with E-state index in [2.05, 4.69) is 4.98 Å². The largest absolute Gasteiger partial charge is 0.443 e. The van der Waals surface area contributed by atoms with Crippen LogP contribution in [0, 0.1) is 0 Å². The predicted octanol–water partition coefficient (Wildman–Crippen LogP) is 5.74. The lowest BCUT2D eigenvalue weighted by Gasteiger charge is -2.31. The molecule has 4 rings (SSSR count). The standard InChI is InChI=1S/C26H33N3O3/c1-26(2,3)32-25(31)29(21-12-7-8-13-21)23-16-15-20(18-27-23)22-14-9-17-28(22)24(30)19-10-5-4-6-11-19/h4-6,10-11,15-16,18,21-22H,7-9,12-14,17H2,1-3H3. The first-order chi connectivity index (χ1) is 15.3. The van der Waals surface area contributed by atoms with Crippen LogP contribution in [-0.4, -0.2) is 40.1 Å². The minimum atomic E-state index is -0.559. The summed E-state index contributed by atoms with van der Waals surface area (Å²) in [6.45, 7) is 6.39. The Balaban J connectivity index is 1.55. The Morgan fingerprint density at radius 3 is 2.34 bits per heavy atom. The molecule has 0 radical (unpaired) electrons. The summed E-state index contributed by atoms with van der Waals surface area (Å²) in [6.07, 6.45) is 7.51. The van der Waals surface area contributed by atoms with Crippen LogP contribution in [0.5, 0.6) is 0 Å². The van der Waals surface area contributed by atoms with Gasteiger partial charge in [0.15, 0.2) is 0 Å². The zero-order valence-electron chi connectivity index (χ0n) is 19.3. The maximum atomic E-state index is 13.0. The van der Waals surface area contributed by atoms with Crippen LogP contribution in [0.4, 0.5) is 10.6 Å². The maximum absolute atomic E-state index is 13.0. The van der Waals surface area contributed by atoms with E-state index in [4.69, 9.17) is 4.74 Å². The number of amides is 2. The second-order valence-corrected chi connectivity index (χ2v) is 9.76. The number of nitrogens with zero attached hydrogens (tertiary/aromatic N) is 3. The highest BCUT2D eigenvalue weighted by Crippen LogP contribution is 2.34. The monoisotopic (exact) mass is 435 g/mol. The van der Waals surface area contributed by atoms with E-state index in [-0.39, 0.29) is 24.1 Å². The van der Waals surface area contributed by atoms with Gasteiger partial charge in [-0.15, -0.1) is 0 Å². The van der Waals surface area contributed by atoms with Gasteiger partial charge in [-0.1, -0.05) is 37.1 Å². The summed E-state index contributed by atoms with van der Waals surface area (Å²) in [5.41, 5.74) is 1.16. The van der Waals surface area contributed by atoms with Gasteiger partial charge >= 0.3 is 6.09 Å². The van der Waals surface area contributed by atoms with Gasteiger partial charge < -0.3 is 9.64 Å². The molecule has 170 valence electrons. The van der Waals surface area contributed by atoms with Gasteiger partial charge in [0.05, 0.1) is 6.04 Å². The van der Waals surface area contributed by atoms with Gasteiger partial charge in [-0.2, -0.15) is 0 Å². The van der Waals surface area contributed by atoms with Crippen molar-refractivity contribution >= 4 is 17.8 Å². The summed E-state index contributed by atoms with van der Waals surface area (Å²) < 4.78 is 5.69. The average Bonchev–Trinajstić information content (AvgIpc) is 3.46. The fourth-order valence-corrected chi connectivity index (χ4v) is 4.74. The first-order valence-electron chi connectivity index (χ1n) is 11.7. The van der Waals surface area contributed by atoms with Gasteiger partial charge in [0.2, 0.25) is 0 Å². The molecule has 1 saturated heterocycles. The number of rotatable bonds is 4. The van der Waals surface area contributed by atoms with E-state index in [0.29, 0.717) is 11.4 Å². The first kappa shape index (κ1) is 22.3. The number of carbonyl (C=O) groups is 2. The normalized spacial score (nSPS) is 19.2. The number of pyridine rings is 1. The van der Waals surface area contributed by atoms with Crippen LogP contribution in [0.3, 0.4) is 0 Å². The number of likely N-dealkylation sites (tertiary alicyclic amines) is 1. The summed E-state index contributed by atoms with van der Waals surface area (Å²) in [6, 6.07) is 13.5. The molecule has 2 fully saturated rings. The van der Waals surface area contributed by atoms with Gasteiger partial charge in [-0.3, -0.25) is 9.69 Å². The van der Waals surface area contributed by atoms with Crippen LogP contribution in [0.2, 0.25) is 0 Å². The Morgan fingerprint density at radius 2 is 1.72 bits per heavy atom. The van der Waals surface area contributed by atoms with Gasteiger partial charge in [0.25, 0.3) is 5.91 Å². The molecule has 1 aliphatic heterocycles. The summed E-state index contributed by atoms with van der Waals surface area (Å²) in [5.74, 6) is 0.673. The fourth-order valence-electron chi connectivity index (χ4n) is 4.74. The molecule has 1 aliphatic carbocycles. The number of benzene rings is 1. The lowest BCUT2D eigenvalue weighted by molar-refractivity contribution is 0.0564. The SMILES string of the molecule is CC(C)(C)OC(=O)N(c1ccc(C2CCCN2C(=O)c2ccccc2)cn1)C1CCCC1. The molecular formula is C26H33N3O3. The molecule has 2 aromatic rings. The van der Waals surface area contributed by atoms with Crippen LogP contribution in [0.15, 0.2) is 48.7 Å². The molecule has 1 saturated carbocycles. The summed E-state index contributed by atoms with van der Waals surface area (Å²) >= 11 is 0. The zero-order valence-corrected chi connectivity index (χ0v) is 19.3. The third kappa shape index (κ3) is 4.95. The third-order valence-corrected chi connectivity index (χ3v) is 6.22. The molecule has 6 nitrogen and oxygen atoms in total. The fraction of sp³-hybridized carbons (Fsp3) is 0.500. The number of anilines is 1. The Bertz CT molecular complexity index is 931. The molecular weight excluding hydrogens is 402 g/mol. The number of carbonyl (C=O) groups excluding carboxylic acids is 2. The van der Waals surface area contributed by atoms with Crippen LogP contribution in [0.1, 0.15) is 81.3 Å². The second-order valence-electron chi connectivity index (χ2n) is 9.76. The number of hydrogen-bond acceptors (Lipinski definition) is 4. The zero-order chi connectivity index (χ0) is 22.7. The molecule has 2 aliphatic rings. The number of ether oxygens (including phenoxy) is 1. The molecule has 1 aromatic carbocycles.